The number of carbonyl (C=O) groups is 4. The Morgan fingerprint density at radius 2 is 1.75 bits per heavy atom. The lowest BCUT2D eigenvalue weighted by Crippen LogP contribution is -2.55. The molecule has 1 aliphatic heterocycles. The Labute approximate surface area is 229 Å². The van der Waals surface area contributed by atoms with Gasteiger partial charge in [0.05, 0.1) is 16.5 Å². The van der Waals surface area contributed by atoms with Gasteiger partial charge < -0.3 is 25.2 Å². The fraction of sp³-hybridized carbons (Fsp3) is 0.577. The third kappa shape index (κ3) is 10.1. The highest BCUT2D eigenvalue weighted by Gasteiger charge is 2.41. The van der Waals surface area contributed by atoms with Gasteiger partial charge in [0.2, 0.25) is 5.91 Å². The number of piperidine rings is 1. The van der Waals surface area contributed by atoms with E-state index in [1.165, 1.54) is 12.1 Å². The third-order valence-electron chi connectivity index (χ3n) is 6.72. The first-order valence-electron chi connectivity index (χ1n) is 12.7. The van der Waals surface area contributed by atoms with Crippen LogP contribution in [0.1, 0.15) is 75.2 Å². The van der Waals surface area contributed by atoms with Crippen molar-refractivity contribution in [3.63, 3.8) is 0 Å². The Bertz CT molecular complexity index is 1090. The lowest BCUT2D eigenvalue weighted by molar-refractivity contribution is -0.344. The van der Waals surface area contributed by atoms with E-state index in [4.69, 9.17) is 26.2 Å². The molecule has 1 atom stereocenters. The lowest BCUT2D eigenvalue weighted by atomic mass is 9.79. The van der Waals surface area contributed by atoms with Crippen molar-refractivity contribution in [2.45, 2.75) is 71.5 Å². The minimum Gasteiger partial charge on any atom is -0.542 e. The number of hydrogen-bond acceptors (Lipinski definition) is 5. The van der Waals surface area contributed by atoms with Gasteiger partial charge in [-0.3, -0.25) is 25.5 Å². The van der Waals surface area contributed by atoms with Gasteiger partial charge in [0.15, 0.2) is 0 Å². The normalized spacial score (nSPS) is 14.9. The van der Waals surface area contributed by atoms with Crippen molar-refractivity contribution in [3.8, 4) is 0 Å². The number of halogens is 4. The number of carboxylic acid groups (broad SMARTS) is 2. The van der Waals surface area contributed by atoms with Crippen molar-refractivity contribution >= 4 is 29.6 Å². The number of alkyl halides is 3. The number of rotatable bonds is 10. The van der Waals surface area contributed by atoms with Crippen LogP contribution in [0.3, 0.4) is 0 Å². The van der Waals surface area contributed by atoms with Crippen molar-refractivity contribution < 1.29 is 52.4 Å². The molecule has 1 unspecified atom stereocenters. The summed E-state index contributed by atoms with van der Waals surface area (Å²) in [5.41, 5.74) is 4.73. The molecule has 10 nitrogen and oxygen atoms in total. The summed E-state index contributed by atoms with van der Waals surface area (Å²) in [6, 6.07) is 3.42. The molecule has 1 aliphatic rings. The highest BCUT2D eigenvalue weighted by Crippen LogP contribution is 2.31. The SMILES string of the molecule is CCCCC(NC(=O)c1ccc(C(N)=[NH2+])cc1F)C(C)(C)C(=O)N1CCC(CC(=O)O)CC1.O=C([O-])C(F)(F)F. The lowest BCUT2D eigenvalue weighted by Gasteiger charge is -2.40. The van der Waals surface area contributed by atoms with E-state index >= 15 is 0 Å². The molecule has 14 heteroatoms. The molecule has 1 heterocycles. The summed E-state index contributed by atoms with van der Waals surface area (Å²) in [7, 11) is 0. The van der Waals surface area contributed by atoms with E-state index in [1.54, 1.807) is 18.7 Å². The summed E-state index contributed by atoms with van der Waals surface area (Å²) in [4.78, 5) is 47.8. The Kier molecular flexibility index (Phi) is 12.5. The van der Waals surface area contributed by atoms with Crippen LogP contribution in [0.2, 0.25) is 0 Å². The molecule has 0 bridgehead atoms. The van der Waals surface area contributed by atoms with E-state index in [0.717, 1.165) is 18.9 Å². The zero-order valence-electron chi connectivity index (χ0n) is 22.6. The number of aliphatic carboxylic acids is 2. The molecule has 0 radical (unpaired) electrons. The zero-order chi connectivity index (χ0) is 30.8. The molecule has 0 spiro atoms. The van der Waals surface area contributed by atoms with E-state index in [-0.39, 0.29) is 29.6 Å². The van der Waals surface area contributed by atoms with Gasteiger partial charge in [-0.1, -0.05) is 19.8 Å². The molecule has 6 N–H and O–H groups in total. The van der Waals surface area contributed by atoms with E-state index in [1.807, 2.05) is 6.92 Å². The van der Waals surface area contributed by atoms with Crippen LogP contribution in [-0.4, -0.2) is 64.9 Å². The third-order valence-corrected chi connectivity index (χ3v) is 6.72. The molecular weight excluding hydrogens is 540 g/mol. The number of hydrogen-bond donors (Lipinski definition) is 4. The average Bonchev–Trinajstić information content (AvgIpc) is 2.85. The van der Waals surface area contributed by atoms with Gasteiger partial charge in [-0.2, -0.15) is 13.2 Å². The Hall–Kier alpha value is -3.71. The second-order valence-electron chi connectivity index (χ2n) is 10.2. The molecule has 1 aromatic carbocycles. The first-order valence-corrected chi connectivity index (χ1v) is 12.7. The Balaban J connectivity index is 0.00000101. The Morgan fingerprint density at radius 3 is 2.17 bits per heavy atom. The first-order chi connectivity index (χ1) is 18.4. The fourth-order valence-electron chi connectivity index (χ4n) is 4.28. The number of amidine groups is 1. The number of likely N-dealkylation sites (tertiary alicyclic amines) is 1. The standard InChI is InChI=1S/C24H35FN4O4.C2HF3O2/c1-4-5-6-19(28-22(32)17-8-7-16(21(26)27)14-18(17)25)24(2,3)23(33)29-11-9-15(10-12-29)13-20(30)31;3-2(4,5)1(6)7/h7-8,14-15,19H,4-6,9-13H2,1-3H3,(H3,26,27)(H,28,32)(H,30,31);(H,6,7). The predicted octanol–water partition coefficient (Wildman–Crippen LogP) is 0.617. The summed E-state index contributed by atoms with van der Waals surface area (Å²) >= 11 is 0. The summed E-state index contributed by atoms with van der Waals surface area (Å²) < 4.78 is 46.1. The maximum absolute atomic E-state index is 14.5. The number of nitrogens with two attached hydrogens (primary N) is 2. The van der Waals surface area contributed by atoms with Crippen LogP contribution in [0.15, 0.2) is 18.2 Å². The topological polar surface area (TPSA) is 178 Å². The van der Waals surface area contributed by atoms with Crippen LogP contribution < -0.4 is 21.6 Å². The highest BCUT2D eigenvalue weighted by molar-refractivity contribution is 5.98. The van der Waals surface area contributed by atoms with Gasteiger partial charge in [0.25, 0.3) is 11.7 Å². The van der Waals surface area contributed by atoms with Crippen molar-refractivity contribution in [2.75, 3.05) is 13.1 Å². The first kappa shape index (κ1) is 34.3. The van der Waals surface area contributed by atoms with Crippen LogP contribution in [0.4, 0.5) is 17.6 Å². The van der Waals surface area contributed by atoms with Gasteiger partial charge in [0, 0.05) is 25.6 Å². The fourth-order valence-corrected chi connectivity index (χ4v) is 4.28. The summed E-state index contributed by atoms with van der Waals surface area (Å²) in [5.74, 6) is -5.24. The summed E-state index contributed by atoms with van der Waals surface area (Å²) in [5, 5.41) is 26.2. The molecule has 224 valence electrons. The van der Waals surface area contributed by atoms with Crippen molar-refractivity contribution in [1.29, 1.82) is 0 Å². The van der Waals surface area contributed by atoms with Crippen molar-refractivity contribution in [3.05, 3.63) is 35.1 Å². The number of unbranched alkanes of at least 4 members (excludes halogenated alkanes) is 1. The smallest absolute Gasteiger partial charge is 0.430 e. The maximum atomic E-state index is 14.5. The predicted molar refractivity (Wildman–Crippen MR) is 134 cm³/mol. The van der Waals surface area contributed by atoms with Crippen LogP contribution in [0, 0.1) is 17.2 Å². The van der Waals surface area contributed by atoms with Crippen LogP contribution >= 0.6 is 0 Å². The number of nitrogens with zero attached hydrogens (tertiary/aromatic N) is 1. The Morgan fingerprint density at radius 1 is 1.20 bits per heavy atom. The molecule has 0 aromatic heterocycles. The quantitative estimate of drug-likeness (QED) is 0.179. The van der Waals surface area contributed by atoms with Crippen LogP contribution in [-0.2, 0) is 14.4 Å². The van der Waals surface area contributed by atoms with E-state index < -0.39 is 41.3 Å². The molecular formula is C26H36F4N4O6. The maximum Gasteiger partial charge on any atom is 0.430 e. The number of nitrogens with one attached hydrogen (secondary N) is 1. The molecule has 1 fully saturated rings. The monoisotopic (exact) mass is 576 g/mol. The van der Waals surface area contributed by atoms with Gasteiger partial charge in [0.1, 0.15) is 11.8 Å². The largest absolute Gasteiger partial charge is 0.542 e. The number of carboxylic acids is 2. The van der Waals surface area contributed by atoms with Gasteiger partial charge in [-0.15, -0.1) is 0 Å². The zero-order valence-corrected chi connectivity index (χ0v) is 22.6. The molecule has 0 aliphatic carbocycles. The van der Waals surface area contributed by atoms with E-state index in [9.17, 15) is 31.9 Å². The highest BCUT2D eigenvalue weighted by atomic mass is 19.4. The number of amides is 2. The summed E-state index contributed by atoms with van der Waals surface area (Å²) in [6.45, 7) is 6.59. The number of benzene rings is 1. The average molecular weight is 577 g/mol. The van der Waals surface area contributed by atoms with Crippen molar-refractivity contribution in [2.24, 2.45) is 17.1 Å². The molecule has 2 amide bonds. The molecule has 1 saturated heterocycles. The van der Waals surface area contributed by atoms with Crippen LogP contribution in [0.5, 0.6) is 0 Å². The second-order valence-corrected chi connectivity index (χ2v) is 10.2. The van der Waals surface area contributed by atoms with Crippen molar-refractivity contribution in [1.82, 2.24) is 10.2 Å². The van der Waals surface area contributed by atoms with Gasteiger partial charge in [-0.05, 0) is 57.2 Å². The van der Waals surface area contributed by atoms with E-state index in [2.05, 4.69) is 5.32 Å². The number of carbonyl (C=O) groups excluding carboxylic acids is 3. The second kappa shape index (κ2) is 14.6. The molecule has 2 rings (SSSR count). The minimum absolute atomic E-state index is 0.0412. The molecule has 1 aromatic rings. The van der Waals surface area contributed by atoms with Gasteiger partial charge >= 0.3 is 12.1 Å². The van der Waals surface area contributed by atoms with Gasteiger partial charge in [-0.25, -0.2) is 4.39 Å². The van der Waals surface area contributed by atoms with Crippen LogP contribution in [0.25, 0.3) is 0 Å². The summed E-state index contributed by atoms with van der Waals surface area (Å²) in [6.07, 6.45) is -1.57. The molecule has 0 saturated carbocycles. The minimum atomic E-state index is -5.19. The molecule has 40 heavy (non-hydrogen) atoms. The van der Waals surface area contributed by atoms with E-state index in [0.29, 0.717) is 37.9 Å².